The van der Waals surface area contributed by atoms with Gasteiger partial charge in [-0.25, -0.2) is 9.97 Å². The Morgan fingerprint density at radius 1 is 1.00 bits per heavy atom. The van der Waals surface area contributed by atoms with Crippen LogP contribution in [0.4, 0.5) is 5.95 Å². The molecule has 3 fully saturated rings. The molecule has 3 aliphatic rings. The highest BCUT2D eigenvalue weighted by Gasteiger charge is 2.34. The number of hydrogen-bond acceptors (Lipinski definition) is 6. The van der Waals surface area contributed by atoms with Gasteiger partial charge in [0.25, 0.3) is 0 Å². The van der Waals surface area contributed by atoms with Gasteiger partial charge in [-0.3, -0.25) is 9.69 Å². The average Bonchev–Trinajstić information content (AvgIpc) is 3.17. The van der Waals surface area contributed by atoms with Gasteiger partial charge in [0.15, 0.2) is 0 Å². The van der Waals surface area contributed by atoms with E-state index in [9.17, 15) is 4.79 Å². The zero-order valence-electron chi connectivity index (χ0n) is 15.5. The van der Waals surface area contributed by atoms with E-state index in [2.05, 4.69) is 19.8 Å². The van der Waals surface area contributed by atoms with Crippen molar-refractivity contribution in [1.82, 2.24) is 19.8 Å². The topological polar surface area (TPSA) is 61.8 Å². The van der Waals surface area contributed by atoms with Crippen molar-refractivity contribution >= 4 is 11.9 Å². The molecule has 7 nitrogen and oxygen atoms in total. The van der Waals surface area contributed by atoms with Gasteiger partial charge in [-0.05, 0) is 38.6 Å². The highest BCUT2D eigenvalue weighted by Crippen LogP contribution is 2.23. The number of piperidine rings is 1. The third kappa shape index (κ3) is 3.99. The lowest BCUT2D eigenvalue weighted by molar-refractivity contribution is -0.140. The number of morpholine rings is 1. The first-order valence-electron chi connectivity index (χ1n) is 9.98. The summed E-state index contributed by atoms with van der Waals surface area (Å²) < 4.78 is 5.37. The number of carbonyl (C=O) groups is 1. The van der Waals surface area contributed by atoms with Gasteiger partial charge in [0.1, 0.15) is 0 Å². The molecule has 1 atom stereocenters. The minimum Gasteiger partial charge on any atom is -0.378 e. The Morgan fingerprint density at radius 2 is 1.73 bits per heavy atom. The highest BCUT2D eigenvalue weighted by atomic mass is 16.5. The zero-order chi connectivity index (χ0) is 17.8. The van der Waals surface area contributed by atoms with Crippen LogP contribution in [0, 0.1) is 0 Å². The van der Waals surface area contributed by atoms with E-state index >= 15 is 0 Å². The molecule has 1 aromatic heterocycles. The van der Waals surface area contributed by atoms with E-state index in [1.54, 1.807) is 0 Å². The second-order valence-electron chi connectivity index (χ2n) is 7.51. The summed E-state index contributed by atoms with van der Waals surface area (Å²) in [5, 5.41) is 0. The summed E-state index contributed by atoms with van der Waals surface area (Å²) in [6.45, 7) is 6.58. The Morgan fingerprint density at radius 3 is 2.46 bits per heavy atom. The molecule has 4 rings (SSSR count). The summed E-state index contributed by atoms with van der Waals surface area (Å²) in [4.78, 5) is 28.5. The van der Waals surface area contributed by atoms with Crippen LogP contribution in [0.15, 0.2) is 12.4 Å². The number of aromatic nitrogens is 2. The maximum atomic E-state index is 12.9. The number of carbonyl (C=O) groups excluding carboxylic acids is 1. The minimum absolute atomic E-state index is 0.00475. The van der Waals surface area contributed by atoms with Crippen LogP contribution in [0.2, 0.25) is 0 Å². The number of amides is 1. The Bertz CT molecular complexity index is 596. The van der Waals surface area contributed by atoms with E-state index in [4.69, 9.17) is 4.74 Å². The molecule has 3 aliphatic heterocycles. The Labute approximate surface area is 155 Å². The van der Waals surface area contributed by atoms with Gasteiger partial charge in [0.2, 0.25) is 11.9 Å². The molecule has 0 aliphatic carbocycles. The number of rotatable bonds is 4. The number of anilines is 1. The normalized spacial score (nSPS) is 24.8. The van der Waals surface area contributed by atoms with Gasteiger partial charge >= 0.3 is 0 Å². The van der Waals surface area contributed by atoms with Gasteiger partial charge in [0, 0.05) is 50.7 Å². The van der Waals surface area contributed by atoms with Crippen LogP contribution >= 0.6 is 0 Å². The van der Waals surface area contributed by atoms with E-state index in [-0.39, 0.29) is 11.9 Å². The largest absolute Gasteiger partial charge is 0.378 e. The lowest BCUT2D eigenvalue weighted by Crippen LogP contribution is -2.49. The molecule has 1 amide bonds. The minimum atomic E-state index is -0.00475. The summed E-state index contributed by atoms with van der Waals surface area (Å²) in [6, 6.07) is -0.00475. The number of nitrogens with zero attached hydrogens (tertiary/aromatic N) is 5. The molecule has 0 saturated carbocycles. The van der Waals surface area contributed by atoms with Crippen molar-refractivity contribution in [3.63, 3.8) is 0 Å². The quantitative estimate of drug-likeness (QED) is 0.807. The highest BCUT2D eigenvalue weighted by molar-refractivity contribution is 5.82. The third-order valence-electron chi connectivity index (χ3n) is 5.69. The number of likely N-dealkylation sites (tertiary alicyclic amines) is 1. The van der Waals surface area contributed by atoms with Crippen molar-refractivity contribution in [3.05, 3.63) is 18.0 Å². The van der Waals surface area contributed by atoms with Gasteiger partial charge in [-0.1, -0.05) is 0 Å². The van der Waals surface area contributed by atoms with Gasteiger partial charge in [-0.15, -0.1) is 0 Å². The first kappa shape index (κ1) is 17.7. The van der Waals surface area contributed by atoms with Gasteiger partial charge in [0.05, 0.1) is 19.3 Å². The van der Waals surface area contributed by atoms with Crippen molar-refractivity contribution in [2.24, 2.45) is 0 Å². The molecule has 142 valence electrons. The molecule has 0 unspecified atom stereocenters. The molecule has 0 N–H and O–H groups in total. The van der Waals surface area contributed by atoms with E-state index in [1.807, 2.05) is 17.3 Å². The van der Waals surface area contributed by atoms with Crippen LogP contribution < -0.4 is 4.90 Å². The first-order valence-corrected chi connectivity index (χ1v) is 9.98. The molecule has 1 aromatic rings. The smallest absolute Gasteiger partial charge is 0.240 e. The van der Waals surface area contributed by atoms with Crippen molar-refractivity contribution in [2.75, 3.05) is 50.8 Å². The zero-order valence-corrected chi connectivity index (χ0v) is 15.5. The Kier molecular flexibility index (Phi) is 5.65. The maximum Gasteiger partial charge on any atom is 0.240 e. The molecule has 0 spiro atoms. The Hall–Kier alpha value is -1.73. The summed E-state index contributed by atoms with van der Waals surface area (Å²) in [7, 11) is 0. The summed E-state index contributed by atoms with van der Waals surface area (Å²) >= 11 is 0. The van der Waals surface area contributed by atoms with Crippen LogP contribution in [-0.4, -0.2) is 77.7 Å². The summed E-state index contributed by atoms with van der Waals surface area (Å²) in [6.07, 6.45) is 9.66. The number of ether oxygens (including phenoxy) is 1. The maximum absolute atomic E-state index is 12.9. The van der Waals surface area contributed by atoms with E-state index in [1.165, 1.54) is 19.3 Å². The van der Waals surface area contributed by atoms with Crippen LogP contribution in [0.3, 0.4) is 0 Å². The van der Waals surface area contributed by atoms with Crippen molar-refractivity contribution < 1.29 is 9.53 Å². The van der Waals surface area contributed by atoms with Crippen LogP contribution in [0.5, 0.6) is 0 Å². The SMILES string of the molecule is O=C([C@@H]1CCCN1Cc1cnc(N2CCCCC2)nc1)N1CCOCC1. The molecule has 0 bridgehead atoms. The summed E-state index contributed by atoms with van der Waals surface area (Å²) in [5.74, 6) is 1.10. The van der Waals surface area contributed by atoms with E-state index in [0.29, 0.717) is 13.2 Å². The van der Waals surface area contributed by atoms with Crippen LogP contribution in [0.25, 0.3) is 0 Å². The van der Waals surface area contributed by atoms with Crippen molar-refractivity contribution in [2.45, 2.75) is 44.7 Å². The molecule has 3 saturated heterocycles. The first-order chi connectivity index (χ1) is 12.8. The predicted octanol–water partition coefficient (Wildman–Crippen LogP) is 1.29. The predicted molar refractivity (Wildman–Crippen MR) is 98.9 cm³/mol. The second-order valence-corrected chi connectivity index (χ2v) is 7.51. The Balaban J connectivity index is 1.37. The van der Waals surface area contributed by atoms with E-state index in [0.717, 1.165) is 63.6 Å². The molecular weight excluding hydrogens is 330 g/mol. The molecule has 26 heavy (non-hydrogen) atoms. The van der Waals surface area contributed by atoms with Crippen LogP contribution in [-0.2, 0) is 16.1 Å². The second kappa shape index (κ2) is 8.31. The lowest BCUT2D eigenvalue weighted by atomic mass is 10.1. The van der Waals surface area contributed by atoms with Crippen LogP contribution in [0.1, 0.15) is 37.7 Å². The molecule has 4 heterocycles. The monoisotopic (exact) mass is 359 g/mol. The molecule has 0 radical (unpaired) electrons. The molecule has 7 heteroatoms. The summed E-state index contributed by atoms with van der Waals surface area (Å²) in [5.41, 5.74) is 1.09. The van der Waals surface area contributed by atoms with Gasteiger partial charge < -0.3 is 14.5 Å². The van der Waals surface area contributed by atoms with E-state index < -0.39 is 0 Å². The van der Waals surface area contributed by atoms with Crippen molar-refractivity contribution in [3.8, 4) is 0 Å². The average molecular weight is 359 g/mol. The lowest BCUT2D eigenvalue weighted by Gasteiger charge is -2.32. The standard InChI is InChI=1S/C19H29N5O2/c25-18(22-9-11-26-12-10-22)17-5-4-8-24(17)15-16-13-20-19(21-14-16)23-6-2-1-3-7-23/h13-14,17H,1-12,15H2/t17-/m0/s1. The number of hydrogen-bond donors (Lipinski definition) is 0. The fourth-order valence-electron chi connectivity index (χ4n) is 4.21. The molecular formula is C19H29N5O2. The fourth-order valence-corrected chi connectivity index (χ4v) is 4.21. The third-order valence-corrected chi connectivity index (χ3v) is 5.69. The molecule has 0 aromatic carbocycles. The fraction of sp³-hybridized carbons (Fsp3) is 0.737. The van der Waals surface area contributed by atoms with Crippen molar-refractivity contribution in [1.29, 1.82) is 0 Å². The van der Waals surface area contributed by atoms with Gasteiger partial charge in [-0.2, -0.15) is 0 Å².